The van der Waals surface area contributed by atoms with E-state index >= 15 is 0 Å². The molecule has 1 aromatic rings. The van der Waals surface area contributed by atoms with Gasteiger partial charge in [0, 0.05) is 0 Å². The van der Waals surface area contributed by atoms with Gasteiger partial charge in [-0.05, 0) is 37.2 Å². The lowest BCUT2D eigenvalue weighted by Crippen LogP contribution is -2.38. The minimum Gasteiger partial charge on any atom is -0.311 e. The SMILES string of the molecule is CC[Si](CC)(CC)OS(=O)(=O)c1ccc(C)cc1. The Morgan fingerprint density at radius 2 is 1.44 bits per heavy atom. The Bertz CT molecular complexity index is 467. The molecule has 5 heteroatoms. The minimum absolute atomic E-state index is 0.264. The normalized spacial score (nSPS) is 12.7. The Balaban J connectivity index is 3.04. The van der Waals surface area contributed by atoms with E-state index in [1.54, 1.807) is 24.3 Å². The first-order valence-electron chi connectivity index (χ1n) is 6.41. The van der Waals surface area contributed by atoms with Gasteiger partial charge < -0.3 is 3.87 Å². The zero-order chi connectivity index (χ0) is 13.8. The molecule has 0 fully saturated rings. The van der Waals surface area contributed by atoms with E-state index in [0.717, 1.165) is 23.7 Å². The van der Waals surface area contributed by atoms with E-state index in [-0.39, 0.29) is 4.90 Å². The van der Waals surface area contributed by atoms with E-state index < -0.39 is 18.4 Å². The van der Waals surface area contributed by atoms with Crippen LogP contribution in [-0.4, -0.2) is 16.7 Å². The summed E-state index contributed by atoms with van der Waals surface area (Å²) < 4.78 is 30.1. The topological polar surface area (TPSA) is 43.4 Å². The molecule has 0 aliphatic heterocycles. The third kappa shape index (κ3) is 3.43. The van der Waals surface area contributed by atoms with Crippen molar-refractivity contribution in [1.29, 1.82) is 0 Å². The predicted molar refractivity (Wildman–Crippen MR) is 76.6 cm³/mol. The molecule has 1 rings (SSSR count). The summed E-state index contributed by atoms with van der Waals surface area (Å²) >= 11 is 0. The van der Waals surface area contributed by atoms with Crippen LogP contribution < -0.4 is 0 Å². The highest BCUT2D eigenvalue weighted by Gasteiger charge is 2.35. The van der Waals surface area contributed by atoms with Crippen molar-refractivity contribution in [3.63, 3.8) is 0 Å². The number of hydrogen-bond donors (Lipinski definition) is 0. The van der Waals surface area contributed by atoms with Gasteiger partial charge in [-0.2, -0.15) is 8.42 Å². The molecule has 0 aliphatic carbocycles. The third-order valence-electron chi connectivity index (χ3n) is 3.53. The van der Waals surface area contributed by atoms with Crippen LogP contribution in [0.1, 0.15) is 26.3 Å². The average molecular weight is 286 g/mol. The summed E-state index contributed by atoms with van der Waals surface area (Å²) in [6.07, 6.45) is 0. The van der Waals surface area contributed by atoms with Gasteiger partial charge in [-0.15, -0.1) is 0 Å². The Kier molecular flexibility index (Phi) is 5.13. The van der Waals surface area contributed by atoms with Crippen LogP contribution >= 0.6 is 0 Å². The molecule has 18 heavy (non-hydrogen) atoms. The van der Waals surface area contributed by atoms with Gasteiger partial charge in [-0.3, -0.25) is 0 Å². The van der Waals surface area contributed by atoms with Gasteiger partial charge in [0.05, 0.1) is 4.90 Å². The maximum atomic E-state index is 12.2. The first kappa shape index (κ1) is 15.4. The Labute approximate surface area is 111 Å². The van der Waals surface area contributed by atoms with Crippen LogP contribution in [0.25, 0.3) is 0 Å². The molecule has 0 aromatic heterocycles. The molecule has 0 spiro atoms. The second-order valence-corrected chi connectivity index (χ2v) is 11.1. The van der Waals surface area contributed by atoms with E-state index in [1.165, 1.54) is 0 Å². The number of hydrogen-bond acceptors (Lipinski definition) is 3. The summed E-state index contributed by atoms with van der Waals surface area (Å²) in [7, 11) is -5.75. The van der Waals surface area contributed by atoms with Crippen LogP contribution in [0.5, 0.6) is 0 Å². The highest BCUT2D eigenvalue weighted by Crippen LogP contribution is 2.27. The highest BCUT2D eigenvalue weighted by molar-refractivity contribution is 7.87. The van der Waals surface area contributed by atoms with Crippen molar-refractivity contribution in [1.82, 2.24) is 0 Å². The number of benzene rings is 1. The Morgan fingerprint density at radius 1 is 1.00 bits per heavy atom. The smallest absolute Gasteiger partial charge is 0.287 e. The van der Waals surface area contributed by atoms with Gasteiger partial charge in [0.15, 0.2) is 0 Å². The van der Waals surface area contributed by atoms with Gasteiger partial charge in [0.2, 0.25) is 8.32 Å². The van der Waals surface area contributed by atoms with Crippen molar-refractivity contribution in [3.8, 4) is 0 Å². The summed E-state index contributed by atoms with van der Waals surface area (Å²) in [6.45, 7) is 7.98. The van der Waals surface area contributed by atoms with Gasteiger partial charge in [-0.1, -0.05) is 38.5 Å². The third-order valence-corrected chi connectivity index (χ3v) is 10.5. The first-order chi connectivity index (χ1) is 8.39. The predicted octanol–water partition coefficient (Wildman–Crippen LogP) is 3.71. The summed E-state index contributed by atoms with van der Waals surface area (Å²) in [5.74, 6) is 0. The first-order valence-corrected chi connectivity index (χ1v) is 10.3. The van der Waals surface area contributed by atoms with E-state index in [9.17, 15) is 8.42 Å². The van der Waals surface area contributed by atoms with Crippen molar-refractivity contribution < 1.29 is 12.3 Å². The van der Waals surface area contributed by atoms with Gasteiger partial charge in [0.1, 0.15) is 0 Å². The molecule has 0 N–H and O–H groups in total. The summed E-state index contributed by atoms with van der Waals surface area (Å²) in [5.41, 5.74) is 1.04. The largest absolute Gasteiger partial charge is 0.311 e. The standard InChI is InChI=1S/C13H22O3SSi/c1-5-18(6-2,7-3)16-17(14,15)13-10-8-12(4)9-11-13/h8-11H,5-7H2,1-4H3. The lowest BCUT2D eigenvalue weighted by Gasteiger charge is -2.26. The van der Waals surface area contributed by atoms with Crippen LogP contribution in [0.3, 0.4) is 0 Å². The van der Waals surface area contributed by atoms with Gasteiger partial charge in [0.25, 0.3) is 10.1 Å². The zero-order valence-electron chi connectivity index (χ0n) is 11.6. The molecular weight excluding hydrogens is 264 g/mol. The van der Waals surface area contributed by atoms with E-state index in [0.29, 0.717) is 0 Å². The van der Waals surface area contributed by atoms with Crippen LogP contribution in [0.15, 0.2) is 29.2 Å². The summed E-state index contributed by atoms with van der Waals surface area (Å²) in [4.78, 5) is 0.264. The van der Waals surface area contributed by atoms with Crippen molar-refractivity contribution >= 4 is 18.4 Å². The van der Waals surface area contributed by atoms with Crippen LogP contribution in [0.2, 0.25) is 18.1 Å². The van der Waals surface area contributed by atoms with Crippen LogP contribution in [0.4, 0.5) is 0 Å². The van der Waals surface area contributed by atoms with Crippen LogP contribution in [-0.2, 0) is 14.0 Å². The van der Waals surface area contributed by atoms with E-state index in [4.69, 9.17) is 3.87 Å². The Morgan fingerprint density at radius 3 is 1.83 bits per heavy atom. The zero-order valence-corrected chi connectivity index (χ0v) is 13.4. The molecule has 0 saturated carbocycles. The van der Waals surface area contributed by atoms with Crippen molar-refractivity contribution in [2.45, 2.75) is 50.7 Å². The van der Waals surface area contributed by atoms with E-state index in [2.05, 4.69) is 0 Å². The molecule has 0 unspecified atom stereocenters. The fourth-order valence-electron chi connectivity index (χ4n) is 1.91. The monoisotopic (exact) mass is 286 g/mol. The van der Waals surface area contributed by atoms with Gasteiger partial charge >= 0.3 is 0 Å². The molecule has 0 amide bonds. The second kappa shape index (κ2) is 5.99. The summed E-state index contributed by atoms with van der Waals surface area (Å²) in [5, 5.41) is 0. The molecule has 0 aliphatic rings. The van der Waals surface area contributed by atoms with Crippen LogP contribution in [0, 0.1) is 6.92 Å². The summed E-state index contributed by atoms with van der Waals surface area (Å²) in [6, 6.07) is 9.30. The molecule has 1 aromatic carbocycles. The van der Waals surface area contributed by atoms with Gasteiger partial charge in [-0.25, -0.2) is 0 Å². The maximum Gasteiger partial charge on any atom is 0.287 e. The minimum atomic E-state index is -3.61. The Hall–Kier alpha value is -0.653. The number of rotatable bonds is 6. The fourth-order valence-corrected chi connectivity index (χ4v) is 7.54. The van der Waals surface area contributed by atoms with E-state index in [1.807, 2.05) is 27.7 Å². The quantitative estimate of drug-likeness (QED) is 0.749. The fraction of sp³-hybridized carbons (Fsp3) is 0.538. The van der Waals surface area contributed by atoms with Crippen molar-refractivity contribution in [2.75, 3.05) is 0 Å². The molecule has 0 bridgehead atoms. The maximum absolute atomic E-state index is 12.2. The molecule has 3 nitrogen and oxygen atoms in total. The molecule has 0 atom stereocenters. The average Bonchev–Trinajstić information content (AvgIpc) is 2.37. The molecule has 0 radical (unpaired) electrons. The molecular formula is C13H22O3SSi. The molecule has 0 heterocycles. The van der Waals surface area contributed by atoms with Crippen molar-refractivity contribution in [2.24, 2.45) is 0 Å². The molecule has 0 saturated heterocycles. The lowest BCUT2D eigenvalue weighted by atomic mass is 10.2. The van der Waals surface area contributed by atoms with Crippen molar-refractivity contribution in [3.05, 3.63) is 29.8 Å². The molecule has 102 valence electrons. The second-order valence-electron chi connectivity index (χ2n) is 4.59. The lowest BCUT2D eigenvalue weighted by molar-refractivity contribution is 0.474. The number of aryl methyl sites for hydroxylation is 1. The highest BCUT2D eigenvalue weighted by atomic mass is 32.2.